The Morgan fingerprint density at radius 2 is 1.97 bits per heavy atom. The van der Waals surface area contributed by atoms with Crippen molar-refractivity contribution in [1.82, 2.24) is 14.5 Å². The average Bonchev–Trinajstić information content (AvgIpc) is 3.56. The molecule has 1 atom stereocenters. The van der Waals surface area contributed by atoms with Crippen molar-refractivity contribution < 1.29 is 19.1 Å². The first-order valence-corrected chi connectivity index (χ1v) is 13.9. The molecule has 0 fully saturated rings. The number of aryl methyl sites for hydroxylation is 3. The molecule has 192 valence electrons. The summed E-state index contributed by atoms with van der Waals surface area (Å²) in [5.74, 6) is -0.757. The molecule has 0 radical (unpaired) electrons. The van der Waals surface area contributed by atoms with E-state index in [0.717, 1.165) is 50.8 Å². The van der Waals surface area contributed by atoms with Crippen LogP contribution in [0.15, 0.2) is 46.6 Å². The minimum Gasteiger partial charge on any atom is -0.454 e. The maximum atomic E-state index is 13.1. The molecule has 7 nitrogen and oxygen atoms in total. The number of hydrogen-bond acceptors (Lipinski definition) is 8. The molecule has 1 aliphatic carbocycles. The topological polar surface area (TPSA) is 83.3 Å². The lowest BCUT2D eigenvalue weighted by Crippen LogP contribution is -2.17. The Hall–Kier alpha value is -3.01. The molecule has 0 amide bonds. The van der Waals surface area contributed by atoms with Gasteiger partial charge >= 0.3 is 5.97 Å². The van der Waals surface area contributed by atoms with Gasteiger partial charge in [0.15, 0.2) is 6.61 Å². The number of benzene rings is 1. The second-order valence-electron chi connectivity index (χ2n) is 9.27. The minimum absolute atomic E-state index is 0.0933. The van der Waals surface area contributed by atoms with Gasteiger partial charge in [-0.25, -0.2) is 14.8 Å². The van der Waals surface area contributed by atoms with E-state index < -0.39 is 5.97 Å². The predicted molar refractivity (Wildman–Crippen MR) is 145 cm³/mol. The van der Waals surface area contributed by atoms with E-state index >= 15 is 0 Å². The SMILES string of the molecule is COC[C@@H](C)n1c(C)cc(C(=O)COC(=O)c2ccccc2Sc2ncnc3sc4c(c23)CCC4)c1C. The number of thiophene rings is 1. The van der Waals surface area contributed by atoms with Crippen molar-refractivity contribution in [3.8, 4) is 0 Å². The molecule has 4 aromatic rings. The van der Waals surface area contributed by atoms with Crippen molar-refractivity contribution in [2.24, 2.45) is 0 Å². The van der Waals surface area contributed by atoms with Crippen LogP contribution in [0.2, 0.25) is 0 Å². The van der Waals surface area contributed by atoms with Gasteiger partial charge in [0, 0.05) is 39.2 Å². The number of aromatic nitrogens is 3. The Balaban J connectivity index is 1.33. The zero-order chi connectivity index (χ0) is 26.1. The van der Waals surface area contributed by atoms with Crippen molar-refractivity contribution in [2.45, 2.75) is 56.0 Å². The predicted octanol–water partition coefficient (Wildman–Crippen LogP) is 6.00. The third-order valence-electron chi connectivity index (χ3n) is 6.75. The molecule has 1 aromatic carbocycles. The highest BCUT2D eigenvalue weighted by Gasteiger charge is 2.24. The summed E-state index contributed by atoms with van der Waals surface area (Å²) in [5, 5.41) is 1.94. The largest absolute Gasteiger partial charge is 0.454 e. The van der Waals surface area contributed by atoms with Crippen LogP contribution in [0.4, 0.5) is 0 Å². The van der Waals surface area contributed by atoms with Crippen molar-refractivity contribution in [2.75, 3.05) is 20.3 Å². The van der Waals surface area contributed by atoms with Crippen molar-refractivity contribution >= 4 is 45.1 Å². The molecule has 0 saturated heterocycles. The van der Waals surface area contributed by atoms with Crippen LogP contribution in [0, 0.1) is 13.8 Å². The van der Waals surface area contributed by atoms with Crippen molar-refractivity contribution in [3.05, 3.63) is 69.6 Å². The highest BCUT2D eigenvalue weighted by Crippen LogP contribution is 2.42. The number of hydrogen-bond donors (Lipinski definition) is 0. The quantitative estimate of drug-likeness (QED) is 0.148. The Morgan fingerprint density at radius 3 is 2.78 bits per heavy atom. The van der Waals surface area contributed by atoms with Gasteiger partial charge in [-0.1, -0.05) is 23.9 Å². The Bertz CT molecular complexity index is 1490. The molecule has 3 heterocycles. The monoisotopic (exact) mass is 535 g/mol. The van der Waals surface area contributed by atoms with E-state index in [1.165, 1.54) is 22.2 Å². The molecular weight excluding hydrogens is 506 g/mol. The molecule has 0 bridgehead atoms. The standard InChI is InChI=1S/C28H29N3O4S2/c1-16-12-21(18(3)31(16)17(2)13-34-4)22(32)14-35-28(33)20-8-5-6-10-24(20)37-27-25-19-9-7-11-23(19)36-26(25)29-15-30-27/h5-6,8,10,12,15,17H,7,9,11,13-14H2,1-4H3/t17-/m1/s1. The lowest BCUT2D eigenvalue weighted by Gasteiger charge is -2.17. The maximum absolute atomic E-state index is 13.1. The first-order valence-electron chi connectivity index (χ1n) is 12.3. The Kier molecular flexibility index (Phi) is 7.46. The van der Waals surface area contributed by atoms with Gasteiger partial charge in [0.1, 0.15) is 16.2 Å². The van der Waals surface area contributed by atoms with E-state index in [0.29, 0.717) is 17.7 Å². The van der Waals surface area contributed by atoms with Gasteiger partial charge in [-0.3, -0.25) is 4.79 Å². The molecule has 0 aliphatic heterocycles. The molecule has 0 spiro atoms. The number of fused-ring (bicyclic) bond motifs is 3. The van der Waals surface area contributed by atoms with Crippen LogP contribution >= 0.6 is 23.1 Å². The van der Waals surface area contributed by atoms with Gasteiger partial charge in [0.05, 0.1) is 18.2 Å². The van der Waals surface area contributed by atoms with Crippen LogP contribution in [0.25, 0.3) is 10.2 Å². The van der Waals surface area contributed by atoms with E-state index in [9.17, 15) is 9.59 Å². The van der Waals surface area contributed by atoms with Crippen LogP contribution in [-0.2, 0) is 22.3 Å². The zero-order valence-corrected chi connectivity index (χ0v) is 23.0. The van der Waals surface area contributed by atoms with E-state index in [4.69, 9.17) is 9.47 Å². The number of carbonyl (C=O) groups excluding carboxylic acids is 2. The van der Waals surface area contributed by atoms with Crippen molar-refractivity contribution in [3.63, 3.8) is 0 Å². The number of ether oxygens (including phenoxy) is 2. The summed E-state index contributed by atoms with van der Waals surface area (Å²) in [7, 11) is 1.66. The molecule has 1 aliphatic rings. The highest BCUT2D eigenvalue weighted by atomic mass is 32.2. The smallest absolute Gasteiger partial charge is 0.339 e. The second-order valence-corrected chi connectivity index (χ2v) is 11.4. The van der Waals surface area contributed by atoms with Gasteiger partial charge in [0.25, 0.3) is 0 Å². The fourth-order valence-corrected chi connectivity index (χ4v) is 7.48. The molecule has 0 saturated carbocycles. The molecule has 5 rings (SSSR count). The van der Waals surface area contributed by atoms with Crippen LogP contribution in [0.3, 0.4) is 0 Å². The summed E-state index contributed by atoms with van der Waals surface area (Å²) in [6.07, 6.45) is 4.86. The van der Waals surface area contributed by atoms with E-state index in [1.807, 2.05) is 39.0 Å². The van der Waals surface area contributed by atoms with E-state index in [2.05, 4.69) is 14.5 Å². The van der Waals surface area contributed by atoms with Gasteiger partial charge in [-0.15, -0.1) is 11.3 Å². The summed E-state index contributed by atoms with van der Waals surface area (Å²) < 4.78 is 12.9. The number of rotatable bonds is 9. The zero-order valence-electron chi connectivity index (χ0n) is 21.4. The summed E-state index contributed by atoms with van der Waals surface area (Å²) in [5.41, 5.74) is 4.12. The number of ketones is 1. The number of Topliss-reactive ketones (excluding diaryl/α,β-unsaturated/α-hetero) is 1. The molecule has 0 unspecified atom stereocenters. The molecule has 0 N–H and O–H groups in total. The first kappa shape index (κ1) is 25.6. The van der Waals surface area contributed by atoms with Gasteiger partial charge in [-0.05, 0) is 63.8 Å². The van der Waals surface area contributed by atoms with Crippen LogP contribution in [-0.4, -0.2) is 46.6 Å². The third kappa shape index (κ3) is 4.95. The third-order valence-corrected chi connectivity index (χ3v) is 9.03. The fourth-order valence-electron chi connectivity index (χ4n) is 5.15. The molecule has 9 heteroatoms. The lowest BCUT2D eigenvalue weighted by molar-refractivity contribution is 0.0471. The summed E-state index contributed by atoms with van der Waals surface area (Å²) in [6.45, 7) is 6.13. The van der Waals surface area contributed by atoms with E-state index in [-0.39, 0.29) is 18.4 Å². The minimum atomic E-state index is -0.529. The molecule has 37 heavy (non-hydrogen) atoms. The normalized spacial score (nSPS) is 13.6. The summed E-state index contributed by atoms with van der Waals surface area (Å²) >= 11 is 3.18. The number of methoxy groups -OCH3 is 1. The maximum Gasteiger partial charge on any atom is 0.339 e. The fraction of sp³-hybridized carbons (Fsp3) is 0.357. The Labute approximate surface area is 224 Å². The first-order chi connectivity index (χ1) is 17.9. The van der Waals surface area contributed by atoms with Gasteiger partial charge in [0.2, 0.25) is 5.78 Å². The summed E-state index contributed by atoms with van der Waals surface area (Å²) in [4.78, 5) is 38.3. The number of carbonyl (C=O) groups is 2. The van der Waals surface area contributed by atoms with Crippen LogP contribution in [0.1, 0.15) is 61.9 Å². The number of esters is 1. The lowest BCUT2D eigenvalue weighted by atomic mass is 10.1. The second kappa shape index (κ2) is 10.8. The summed E-state index contributed by atoms with van der Waals surface area (Å²) in [6, 6.07) is 9.23. The Morgan fingerprint density at radius 1 is 1.16 bits per heavy atom. The highest BCUT2D eigenvalue weighted by molar-refractivity contribution is 7.99. The van der Waals surface area contributed by atoms with Crippen LogP contribution < -0.4 is 0 Å². The average molecular weight is 536 g/mol. The van der Waals surface area contributed by atoms with E-state index in [1.54, 1.807) is 36.9 Å². The van der Waals surface area contributed by atoms with Crippen molar-refractivity contribution in [1.29, 1.82) is 0 Å². The van der Waals surface area contributed by atoms with Crippen LogP contribution in [0.5, 0.6) is 0 Å². The van der Waals surface area contributed by atoms with Gasteiger partial charge < -0.3 is 14.0 Å². The molecular formula is C28H29N3O4S2. The van der Waals surface area contributed by atoms with Gasteiger partial charge in [-0.2, -0.15) is 0 Å². The number of nitrogens with zero attached hydrogens (tertiary/aromatic N) is 3. The molecule has 3 aromatic heterocycles.